The van der Waals surface area contributed by atoms with Gasteiger partial charge in [0.1, 0.15) is 5.82 Å². The molecule has 1 aliphatic heterocycles. The molecule has 1 N–H and O–H groups in total. The summed E-state index contributed by atoms with van der Waals surface area (Å²) < 4.78 is 0. The lowest BCUT2D eigenvalue weighted by Gasteiger charge is -2.32. The van der Waals surface area contributed by atoms with Crippen LogP contribution >= 0.6 is 0 Å². The minimum absolute atomic E-state index is 0.271. The van der Waals surface area contributed by atoms with E-state index in [0.29, 0.717) is 6.42 Å². The van der Waals surface area contributed by atoms with E-state index < -0.39 is 0 Å². The van der Waals surface area contributed by atoms with Crippen LogP contribution in [0.2, 0.25) is 0 Å². The zero-order valence-electron chi connectivity index (χ0n) is 12.3. The average molecular weight is 276 g/mol. The normalized spacial score (nSPS) is 19.9. The van der Waals surface area contributed by atoms with Crippen molar-refractivity contribution >= 4 is 5.91 Å². The van der Waals surface area contributed by atoms with Crippen molar-refractivity contribution in [3.05, 3.63) is 17.2 Å². The summed E-state index contributed by atoms with van der Waals surface area (Å²) >= 11 is 0. The van der Waals surface area contributed by atoms with Crippen molar-refractivity contribution in [1.82, 2.24) is 19.8 Å². The molecule has 0 saturated carbocycles. The Morgan fingerprint density at radius 3 is 2.70 bits per heavy atom. The molecule has 1 saturated heterocycles. The van der Waals surface area contributed by atoms with Gasteiger partial charge >= 0.3 is 0 Å². The first-order valence-electron chi connectivity index (χ1n) is 7.75. The number of carbonyl (C=O) groups excluding carboxylic acids is 1. The van der Waals surface area contributed by atoms with Gasteiger partial charge in [0.05, 0.1) is 5.69 Å². The van der Waals surface area contributed by atoms with Crippen LogP contribution < -0.4 is 0 Å². The molecule has 1 fully saturated rings. The fourth-order valence-corrected chi connectivity index (χ4v) is 3.07. The van der Waals surface area contributed by atoms with Gasteiger partial charge in [0.25, 0.3) is 0 Å². The van der Waals surface area contributed by atoms with E-state index in [0.717, 1.165) is 51.3 Å². The monoisotopic (exact) mass is 276 g/mol. The molecule has 5 nitrogen and oxygen atoms in total. The summed E-state index contributed by atoms with van der Waals surface area (Å²) in [6.07, 6.45) is 6.05. The number of hydrogen-bond donors (Lipinski definition) is 1. The molecule has 1 amide bonds. The third-order valence-corrected chi connectivity index (χ3v) is 4.44. The highest BCUT2D eigenvalue weighted by atomic mass is 16.2. The second kappa shape index (κ2) is 5.95. The quantitative estimate of drug-likeness (QED) is 0.896. The zero-order valence-corrected chi connectivity index (χ0v) is 12.3. The number of H-pyrrole nitrogens is 1. The first-order valence-corrected chi connectivity index (χ1v) is 7.75. The van der Waals surface area contributed by atoms with Gasteiger partial charge in [-0.15, -0.1) is 0 Å². The Morgan fingerprint density at radius 2 is 1.95 bits per heavy atom. The van der Waals surface area contributed by atoms with Crippen molar-refractivity contribution < 1.29 is 4.79 Å². The van der Waals surface area contributed by atoms with Gasteiger partial charge in [0, 0.05) is 44.7 Å². The van der Waals surface area contributed by atoms with Crippen LogP contribution in [0, 0.1) is 0 Å². The lowest BCUT2D eigenvalue weighted by atomic mass is 10.0. The Kier molecular flexibility index (Phi) is 4.05. The summed E-state index contributed by atoms with van der Waals surface area (Å²) in [5.41, 5.74) is 2.54. The number of hydrogen-bond acceptors (Lipinski definition) is 3. The number of piperazine rings is 1. The van der Waals surface area contributed by atoms with Crippen molar-refractivity contribution in [3.8, 4) is 0 Å². The fraction of sp³-hybridized carbons (Fsp3) is 0.733. The van der Waals surface area contributed by atoms with E-state index in [4.69, 9.17) is 0 Å². The molecule has 1 aliphatic carbocycles. The Morgan fingerprint density at radius 1 is 1.20 bits per heavy atom. The Balaban J connectivity index is 1.51. The van der Waals surface area contributed by atoms with Crippen LogP contribution in [0.3, 0.4) is 0 Å². The van der Waals surface area contributed by atoms with Gasteiger partial charge in [-0.1, -0.05) is 0 Å². The summed E-state index contributed by atoms with van der Waals surface area (Å²) in [7, 11) is 2.11. The van der Waals surface area contributed by atoms with Gasteiger partial charge in [0.15, 0.2) is 0 Å². The summed E-state index contributed by atoms with van der Waals surface area (Å²) in [5.74, 6) is 1.27. The highest BCUT2D eigenvalue weighted by molar-refractivity contribution is 5.76. The molecule has 0 radical (unpaired) electrons. The molecule has 2 heterocycles. The van der Waals surface area contributed by atoms with Gasteiger partial charge in [-0.2, -0.15) is 0 Å². The van der Waals surface area contributed by atoms with Crippen LogP contribution in [-0.4, -0.2) is 58.9 Å². The second-order valence-corrected chi connectivity index (χ2v) is 6.00. The topological polar surface area (TPSA) is 52.2 Å². The van der Waals surface area contributed by atoms with E-state index in [1.165, 1.54) is 24.2 Å². The van der Waals surface area contributed by atoms with Crippen LogP contribution in [-0.2, 0) is 24.1 Å². The van der Waals surface area contributed by atoms with Crippen molar-refractivity contribution in [2.75, 3.05) is 33.2 Å². The summed E-state index contributed by atoms with van der Waals surface area (Å²) in [6.45, 7) is 3.70. The van der Waals surface area contributed by atoms with Gasteiger partial charge in [-0.25, -0.2) is 4.98 Å². The molecule has 1 aromatic rings. The number of carbonyl (C=O) groups is 1. The first-order chi connectivity index (χ1) is 9.72. The molecular weight excluding hydrogens is 252 g/mol. The van der Waals surface area contributed by atoms with Crippen LogP contribution in [0.4, 0.5) is 0 Å². The molecule has 0 bridgehead atoms. The Bertz CT molecular complexity index is 451. The maximum Gasteiger partial charge on any atom is 0.223 e. The average Bonchev–Trinajstić information content (AvgIpc) is 2.88. The van der Waals surface area contributed by atoms with E-state index in [1.807, 2.05) is 4.90 Å². The zero-order chi connectivity index (χ0) is 13.9. The number of aryl methyl sites for hydroxylation is 3. The maximum atomic E-state index is 12.2. The molecule has 0 atom stereocenters. The minimum atomic E-state index is 0.271. The predicted molar refractivity (Wildman–Crippen MR) is 77.6 cm³/mol. The van der Waals surface area contributed by atoms with Crippen LogP contribution in [0.5, 0.6) is 0 Å². The third kappa shape index (κ3) is 3.03. The van der Waals surface area contributed by atoms with Crippen molar-refractivity contribution in [3.63, 3.8) is 0 Å². The number of likely N-dealkylation sites (N-methyl/N-ethyl adjacent to an activating group) is 1. The van der Waals surface area contributed by atoms with E-state index in [1.54, 1.807) is 0 Å². The molecular formula is C15H24N4O. The molecule has 3 rings (SSSR count). The number of aromatic nitrogens is 2. The lowest BCUT2D eigenvalue weighted by molar-refractivity contribution is -0.132. The highest BCUT2D eigenvalue weighted by Crippen LogP contribution is 2.19. The fourth-order valence-electron chi connectivity index (χ4n) is 3.07. The van der Waals surface area contributed by atoms with E-state index >= 15 is 0 Å². The maximum absolute atomic E-state index is 12.2. The third-order valence-electron chi connectivity index (χ3n) is 4.44. The molecule has 20 heavy (non-hydrogen) atoms. The largest absolute Gasteiger partial charge is 0.346 e. The van der Waals surface area contributed by atoms with Crippen LogP contribution in [0.15, 0.2) is 0 Å². The highest BCUT2D eigenvalue weighted by Gasteiger charge is 2.20. The number of nitrogens with zero attached hydrogens (tertiary/aromatic N) is 3. The molecule has 0 unspecified atom stereocenters. The molecule has 0 spiro atoms. The number of aromatic amines is 1. The number of fused-ring (bicyclic) bond motifs is 1. The van der Waals surface area contributed by atoms with Crippen LogP contribution in [0.25, 0.3) is 0 Å². The molecule has 0 aromatic carbocycles. The molecule has 2 aliphatic rings. The minimum Gasteiger partial charge on any atom is -0.346 e. The van der Waals surface area contributed by atoms with E-state index in [-0.39, 0.29) is 5.91 Å². The summed E-state index contributed by atoms with van der Waals surface area (Å²) in [5, 5.41) is 0. The SMILES string of the molecule is CN1CCN(C(=O)CCc2nc3c([nH]2)CCCC3)CC1. The summed E-state index contributed by atoms with van der Waals surface area (Å²) in [4.78, 5) is 24.5. The Hall–Kier alpha value is -1.36. The van der Waals surface area contributed by atoms with Crippen LogP contribution in [0.1, 0.15) is 36.5 Å². The predicted octanol–water partition coefficient (Wildman–Crippen LogP) is 0.995. The number of imidazole rings is 1. The molecule has 1 aromatic heterocycles. The number of nitrogens with one attached hydrogen (secondary N) is 1. The number of amides is 1. The van der Waals surface area contributed by atoms with Gasteiger partial charge in [-0.05, 0) is 32.7 Å². The van der Waals surface area contributed by atoms with Gasteiger partial charge in [0.2, 0.25) is 5.91 Å². The lowest BCUT2D eigenvalue weighted by Crippen LogP contribution is -2.47. The first kappa shape index (κ1) is 13.6. The smallest absolute Gasteiger partial charge is 0.223 e. The standard InChI is InChI=1S/C15H24N4O/c1-18-8-10-19(11-9-18)15(20)7-6-14-16-12-4-2-3-5-13(12)17-14/h2-11H2,1H3,(H,16,17). The van der Waals surface area contributed by atoms with Gasteiger partial charge in [-0.3, -0.25) is 4.79 Å². The van der Waals surface area contributed by atoms with Crippen molar-refractivity contribution in [2.45, 2.75) is 38.5 Å². The number of rotatable bonds is 3. The van der Waals surface area contributed by atoms with Crippen molar-refractivity contribution in [1.29, 1.82) is 0 Å². The van der Waals surface area contributed by atoms with Crippen molar-refractivity contribution in [2.24, 2.45) is 0 Å². The molecule has 110 valence electrons. The van der Waals surface area contributed by atoms with E-state index in [2.05, 4.69) is 21.9 Å². The summed E-state index contributed by atoms with van der Waals surface area (Å²) in [6, 6.07) is 0. The molecule has 5 heteroatoms. The van der Waals surface area contributed by atoms with E-state index in [9.17, 15) is 4.79 Å². The second-order valence-electron chi connectivity index (χ2n) is 6.00. The Labute approximate surface area is 120 Å². The van der Waals surface area contributed by atoms with Gasteiger partial charge < -0.3 is 14.8 Å².